The number of anilines is 1. The van der Waals surface area contributed by atoms with Gasteiger partial charge in [-0.3, -0.25) is 4.79 Å². The molecule has 0 bridgehead atoms. The molecule has 0 aliphatic rings. The molecule has 8 heteroatoms. The van der Waals surface area contributed by atoms with Crippen molar-refractivity contribution in [2.75, 3.05) is 12.8 Å². The number of oxime groups is 1. The fraction of sp³-hybridized carbons (Fsp3) is 0.143. The summed E-state index contributed by atoms with van der Waals surface area (Å²) < 4.78 is 5.62. The number of hydrogen-bond acceptors (Lipinski definition) is 7. The van der Waals surface area contributed by atoms with Gasteiger partial charge in [0.25, 0.3) is 0 Å². The van der Waals surface area contributed by atoms with Crippen LogP contribution in [-0.4, -0.2) is 34.4 Å². The summed E-state index contributed by atoms with van der Waals surface area (Å²) in [5, 5.41) is 12.4. The summed E-state index contributed by atoms with van der Waals surface area (Å²) in [6.45, 7) is 0. The summed E-state index contributed by atoms with van der Waals surface area (Å²) in [6.07, 6.45) is 2.57. The maximum absolute atomic E-state index is 10.6. The highest BCUT2D eigenvalue weighted by atomic mass is 16.6. The molecule has 0 aliphatic heterocycles. The molecule has 0 amide bonds. The van der Waals surface area contributed by atoms with E-state index >= 15 is 0 Å². The molecule has 0 spiro atoms. The van der Waals surface area contributed by atoms with Crippen LogP contribution in [0.4, 0.5) is 5.82 Å². The number of aromatic nitrogens is 2. The van der Waals surface area contributed by atoms with Gasteiger partial charge in [0, 0.05) is 0 Å². The lowest BCUT2D eigenvalue weighted by Gasteiger charge is -2.08. The van der Waals surface area contributed by atoms with Crippen LogP contribution in [0.5, 0.6) is 11.6 Å². The number of nitrogens with two attached hydrogens (primary N) is 1. The lowest BCUT2D eigenvalue weighted by atomic mass is 10.1. The third-order valence-corrected chi connectivity index (χ3v) is 2.66. The topological polar surface area (TPSA) is 120 Å². The van der Waals surface area contributed by atoms with Crippen LogP contribution in [0.15, 0.2) is 35.7 Å². The Hall–Kier alpha value is -3.16. The maximum Gasteiger partial charge on any atom is 0.307 e. The molecule has 2 aromatic rings. The molecule has 1 aromatic carbocycles. The van der Waals surface area contributed by atoms with E-state index < -0.39 is 5.97 Å². The lowest BCUT2D eigenvalue weighted by Crippen LogP contribution is -2.03. The van der Waals surface area contributed by atoms with Gasteiger partial charge < -0.3 is 20.4 Å². The number of nitrogens with zero attached hydrogens (tertiary/aromatic N) is 3. The van der Waals surface area contributed by atoms with Crippen LogP contribution in [0.25, 0.3) is 0 Å². The van der Waals surface area contributed by atoms with Crippen LogP contribution in [0, 0.1) is 0 Å². The number of carboxylic acid groups (broad SMARTS) is 1. The Kier molecular flexibility index (Phi) is 4.86. The Balaban J connectivity index is 2.21. The first kappa shape index (κ1) is 15.2. The van der Waals surface area contributed by atoms with Crippen molar-refractivity contribution in [2.24, 2.45) is 5.16 Å². The van der Waals surface area contributed by atoms with Gasteiger partial charge in [-0.1, -0.05) is 17.3 Å². The van der Waals surface area contributed by atoms with Crippen LogP contribution in [-0.2, 0) is 16.1 Å². The highest BCUT2D eigenvalue weighted by Crippen LogP contribution is 2.24. The second-order valence-corrected chi connectivity index (χ2v) is 4.21. The van der Waals surface area contributed by atoms with Gasteiger partial charge in [0.1, 0.15) is 30.6 Å². The molecule has 0 fully saturated rings. The van der Waals surface area contributed by atoms with E-state index in [1.54, 1.807) is 24.3 Å². The summed E-state index contributed by atoms with van der Waals surface area (Å²) in [6, 6.07) is 6.62. The van der Waals surface area contributed by atoms with Gasteiger partial charge in [-0.2, -0.15) is 0 Å². The van der Waals surface area contributed by atoms with Gasteiger partial charge in [0.2, 0.25) is 5.88 Å². The smallest absolute Gasteiger partial charge is 0.307 e. The van der Waals surface area contributed by atoms with Crippen LogP contribution >= 0.6 is 0 Å². The molecule has 0 saturated heterocycles. The van der Waals surface area contributed by atoms with Crippen molar-refractivity contribution < 1.29 is 19.5 Å². The van der Waals surface area contributed by atoms with E-state index in [4.69, 9.17) is 15.6 Å². The average Bonchev–Trinajstić information content (AvgIpc) is 2.48. The molecular weight excluding hydrogens is 288 g/mol. The fourth-order valence-electron chi connectivity index (χ4n) is 1.66. The van der Waals surface area contributed by atoms with Gasteiger partial charge in [-0.25, -0.2) is 9.97 Å². The minimum Gasteiger partial charge on any atom is -0.481 e. The highest BCUT2D eigenvalue weighted by Gasteiger charge is 2.10. The second-order valence-electron chi connectivity index (χ2n) is 4.21. The third-order valence-electron chi connectivity index (χ3n) is 2.66. The zero-order chi connectivity index (χ0) is 15.9. The molecular formula is C14H14N4O4. The van der Waals surface area contributed by atoms with Crippen LogP contribution < -0.4 is 10.5 Å². The monoisotopic (exact) mass is 302 g/mol. The molecule has 114 valence electrons. The fourth-order valence-corrected chi connectivity index (χ4v) is 1.66. The number of aliphatic carboxylic acids is 1. The van der Waals surface area contributed by atoms with Gasteiger partial charge in [-0.15, -0.1) is 0 Å². The van der Waals surface area contributed by atoms with Gasteiger partial charge in [0.15, 0.2) is 0 Å². The first-order chi connectivity index (χ1) is 10.6. The Morgan fingerprint density at radius 1 is 1.36 bits per heavy atom. The van der Waals surface area contributed by atoms with E-state index in [-0.39, 0.29) is 18.1 Å². The Labute approximate surface area is 126 Å². The number of carbonyl (C=O) groups is 1. The molecule has 0 atom stereocenters. The van der Waals surface area contributed by atoms with Crippen molar-refractivity contribution in [3.05, 3.63) is 41.7 Å². The zero-order valence-corrected chi connectivity index (χ0v) is 11.8. The van der Waals surface area contributed by atoms with E-state index in [0.29, 0.717) is 16.9 Å². The van der Waals surface area contributed by atoms with E-state index in [2.05, 4.69) is 20.0 Å². The van der Waals surface area contributed by atoms with E-state index in [0.717, 1.165) is 0 Å². The van der Waals surface area contributed by atoms with Crippen LogP contribution in [0.2, 0.25) is 0 Å². The molecule has 0 saturated carbocycles. The molecule has 1 heterocycles. The SMILES string of the molecule is CO/N=C/c1c(N)ncnc1Oc1ccc(CC(=O)O)cc1. The van der Waals surface area contributed by atoms with Crippen LogP contribution in [0.3, 0.4) is 0 Å². The number of benzene rings is 1. The third kappa shape index (κ3) is 3.92. The molecule has 0 unspecified atom stereocenters. The summed E-state index contributed by atoms with van der Waals surface area (Å²) in [5.41, 5.74) is 6.81. The molecule has 8 nitrogen and oxygen atoms in total. The molecule has 0 aliphatic carbocycles. The first-order valence-electron chi connectivity index (χ1n) is 6.25. The van der Waals surface area contributed by atoms with E-state index in [9.17, 15) is 4.79 Å². The normalized spacial score (nSPS) is 10.6. The second kappa shape index (κ2) is 7.02. The first-order valence-corrected chi connectivity index (χ1v) is 6.25. The van der Waals surface area contributed by atoms with Crippen molar-refractivity contribution >= 4 is 18.0 Å². The van der Waals surface area contributed by atoms with Gasteiger partial charge in [-0.05, 0) is 17.7 Å². The Morgan fingerprint density at radius 2 is 2.09 bits per heavy atom. The minimum absolute atomic E-state index is 0.0491. The summed E-state index contributed by atoms with van der Waals surface area (Å²) >= 11 is 0. The van der Waals surface area contributed by atoms with Crippen molar-refractivity contribution in [3.8, 4) is 11.6 Å². The highest BCUT2D eigenvalue weighted by molar-refractivity contribution is 5.88. The van der Waals surface area contributed by atoms with Crippen molar-refractivity contribution in [3.63, 3.8) is 0 Å². The van der Waals surface area contributed by atoms with Crippen molar-refractivity contribution in [1.82, 2.24) is 9.97 Å². The standard InChI is InChI=1S/C14H14N4O4/c1-21-18-7-11-13(15)16-8-17-14(11)22-10-4-2-9(3-5-10)6-12(19)20/h2-5,7-8H,6H2,1H3,(H,19,20)(H2,15,16,17)/b18-7+. The van der Waals surface area contributed by atoms with E-state index in [1.165, 1.54) is 19.7 Å². The van der Waals surface area contributed by atoms with Gasteiger partial charge in [0.05, 0.1) is 12.6 Å². The Bertz CT molecular complexity index is 686. The summed E-state index contributed by atoms with van der Waals surface area (Å²) in [5.74, 6) is 0.0159. The predicted molar refractivity (Wildman–Crippen MR) is 78.9 cm³/mol. The number of hydrogen-bond donors (Lipinski definition) is 2. The predicted octanol–water partition coefficient (Wildman–Crippen LogP) is 1.46. The number of carboxylic acids is 1. The molecule has 22 heavy (non-hydrogen) atoms. The zero-order valence-electron chi connectivity index (χ0n) is 11.8. The number of ether oxygens (including phenoxy) is 1. The van der Waals surface area contributed by atoms with Crippen LogP contribution in [0.1, 0.15) is 11.1 Å². The van der Waals surface area contributed by atoms with Crippen molar-refractivity contribution in [1.29, 1.82) is 0 Å². The molecule has 0 radical (unpaired) electrons. The Morgan fingerprint density at radius 3 is 2.73 bits per heavy atom. The average molecular weight is 302 g/mol. The number of rotatable bonds is 6. The maximum atomic E-state index is 10.6. The lowest BCUT2D eigenvalue weighted by molar-refractivity contribution is -0.136. The minimum atomic E-state index is -0.893. The summed E-state index contributed by atoms with van der Waals surface area (Å²) in [7, 11) is 1.40. The molecule has 1 aromatic heterocycles. The van der Waals surface area contributed by atoms with E-state index in [1.807, 2.05) is 0 Å². The molecule has 3 N–H and O–H groups in total. The number of nitrogen functional groups attached to an aromatic ring is 1. The molecule has 2 rings (SSSR count). The summed E-state index contributed by atoms with van der Waals surface area (Å²) in [4.78, 5) is 23.1. The largest absolute Gasteiger partial charge is 0.481 e. The quantitative estimate of drug-likeness (QED) is 0.612. The van der Waals surface area contributed by atoms with Gasteiger partial charge >= 0.3 is 5.97 Å². The van der Waals surface area contributed by atoms with Crippen molar-refractivity contribution in [2.45, 2.75) is 6.42 Å².